The Morgan fingerprint density at radius 2 is 2.25 bits per heavy atom. The molecule has 16 heavy (non-hydrogen) atoms. The van der Waals surface area contributed by atoms with Crippen molar-refractivity contribution >= 4 is 22.9 Å². The molecule has 0 aliphatic rings. The van der Waals surface area contributed by atoms with E-state index in [1.165, 1.54) is 11.5 Å². The largest absolute Gasteiger partial charge is 0.387 e. The molecule has 86 valence electrons. The van der Waals surface area contributed by atoms with Crippen molar-refractivity contribution in [3.05, 3.63) is 27.2 Å². The molecule has 0 radical (unpaired) electrons. The number of rotatable bonds is 4. The fourth-order valence-corrected chi connectivity index (χ4v) is 2.89. The molecule has 0 spiro atoms. The first-order valence-electron chi connectivity index (χ1n) is 5.07. The molecule has 1 unspecified atom stereocenters. The second kappa shape index (κ2) is 4.99. The van der Waals surface area contributed by atoms with E-state index in [-0.39, 0.29) is 0 Å². The molecule has 0 fully saturated rings. The summed E-state index contributed by atoms with van der Waals surface area (Å²) in [5.41, 5.74) is 0.897. The Labute approximate surface area is 102 Å². The van der Waals surface area contributed by atoms with E-state index < -0.39 is 6.10 Å². The second-order valence-corrected chi connectivity index (χ2v) is 5.59. The molecule has 2 rings (SSSR count). The molecule has 1 atom stereocenters. The van der Waals surface area contributed by atoms with Crippen LogP contribution in [0.15, 0.2) is 11.6 Å². The highest BCUT2D eigenvalue weighted by molar-refractivity contribution is 7.09. The van der Waals surface area contributed by atoms with Crippen LogP contribution in [0.2, 0.25) is 0 Å². The number of aliphatic hydroxyl groups excluding tert-OH is 1. The molecule has 6 heteroatoms. The Morgan fingerprint density at radius 1 is 1.44 bits per heavy atom. The van der Waals surface area contributed by atoms with Crippen LogP contribution in [0.1, 0.15) is 41.4 Å². The van der Waals surface area contributed by atoms with E-state index in [4.69, 9.17) is 0 Å². The summed E-state index contributed by atoms with van der Waals surface area (Å²) >= 11 is 2.83. The van der Waals surface area contributed by atoms with Crippen LogP contribution >= 0.6 is 22.9 Å². The van der Waals surface area contributed by atoms with E-state index in [1.807, 2.05) is 5.38 Å². The lowest BCUT2D eigenvalue weighted by Gasteiger charge is -2.09. The molecule has 2 aromatic heterocycles. The molecule has 0 saturated carbocycles. The van der Waals surface area contributed by atoms with E-state index in [0.717, 1.165) is 15.6 Å². The van der Waals surface area contributed by atoms with E-state index in [1.54, 1.807) is 17.5 Å². The quantitative estimate of drug-likeness (QED) is 0.911. The molecule has 2 heterocycles. The van der Waals surface area contributed by atoms with Crippen LogP contribution in [0.5, 0.6) is 0 Å². The van der Waals surface area contributed by atoms with Crippen molar-refractivity contribution in [3.63, 3.8) is 0 Å². The fraction of sp³-hybridized carbons (Fsp3) is 0.500. The maximum absolute atomic E-state index is 10.1. The summed E-state index contributed by atoms with van der Waals surface area (Å²) in [4.78, 5) is 5.03. The Kier molecular flexibility index (Phi) is 3.63. The van der Waals surface area contributed by atoms with Crippen LogP contribution in [0.3, 0.4) is 0 Å². The van der Waals surface area contributed by atoms with Crippen LogP contribution in [0, 0.1) is 0 Å². The van der Waals surface area contributed by atoms with Gasteiger partial charge in [-0.1, -0.05) is 18.3 Å². The van der Waals surface area contributed by atoms with Gasteiger partial charge in [0.05, 0.1) is 21.7 Å². The third kappa shape index (κ3) is 2.45. The summed E-state index contributed by atoms with van der Waals surface area (Å²) in [6.45, 7) is 4.10. The van der Waals surface area contributed by atoms with Gasteiger partial charge in [-0.3, -0.25) is 0 Å². The lowest BCUT2D eigenvalue weighted by Crippen LogP contribution is -2.04. The summed E-state index contributed by atoms with van der Waals surface area (Å²) in [5.74, 6) is 0.291. The summed E-state index contributed by atoms with van der Waals surface area (Å²) < 4.78 is 3.91. The third-order valence-corrected chi connectivity index (χ3v) is 3.88. The summed E-state index contributed by atoms with van der Waals surface area (Å²) in [5, 5.41) is 17.0. The molecule has 0 aliphatic carbocycles. The molecule has 0 aliphatic heterocycles. The minimum absolute atomic E-state index is 0.291. The lowest BCUT2D eigenvalue weighted by molar-refractivity contribution is 0.180. The number of aliphatic hydroxyl groups is 1. The lowest BCUT2D eigenvalue weighted by atomic mass is 10.1. The number of nitrogens with zero attached hydrogens (tertiary/aromatic N) is 3. The van der Waals surface area contributed by atoms with Gasteiger partial charge >= 0.3 is 0 Å². The van der Waals surface area contributed by atoms with Gasteiger partial charge in [0.2, 0.25) is 0 Å². The minimum Gasteiger partial charge on any atom is -0.387 e. The van der Waals surface area contributed by atoms with E-state index in [9.17, 15) is 5.11 Å². The topological polar surface area (TPSA) is 58.9 Å². The Bertz CT molecular complexity index is 439. The van der Waals surface area contributed by atoms with E-state index in [0.29, 0.717) is 12.3 Å². The zero-order valence-corrected chi connectivity index (χ0v) is 10.8. The molecular weight excluding hydrogens is 242 g/mol. The molecule has 1 N–H and O–H groups in total. The molecule has 2 aromatic rings. The maximum atomic E-state index is 10.1. The predicted octanol–water partition coefficient (Wildman–Crippen LogP) is 2.39. The van der Waals surface area contributed by atoms with Crippen LogP contribution in [0.25, 0.3) is 0 Å². The summed E-state index contributed by atoms with van der Waals surface area (Å²) in [7, 11) is 0. The van der Waals surface area contributed by atoms with Gasteiger partial charge in [-0.15, -0.1) is 16.4 Å². The zero-order chi connectivity index (χ0) is 11.5. The SMILES string of the molecule is CC(C)c1nnsc1C(O)Cc1nccs1. The Hall–Kier alpha value is -0.850. The molecule has 4 nitrogen and oxygen atoms in total. The Balaban J connectivity index is 2.14. The standard InChI is InChI=1S/C10H13N3OS2/c1-6(2)9-10(16-13-12-9)7(14)5-8-11-3-4-15-8/h3-4,6-7,14H,5H2,1-2H3. The average Bonchev–Trinajstić information content (AvgIpc) is 2.86. The first-order valence-corrected chi connectivity index (χ1v) is 6.72. The maximum Gasteiger partial charge on any atom is 0.0980 e. The highest BCUT2D eigenvalue weighted by atomic mass is 32.1. The van der Waals surface area contributed by atoms with Gasteiger partial charge in [0.15, 0.2) is 0 Å². The van der Waals surface area contributed by atoms with Crippen LogP contribution in [-0.2, 0) is 6.42 Å². The van der Waals surface area contributed by atoms with Gasteiger partial charge in [0.1, 0.15) is 0 Å². The van der Waals surface area contributed by atoms with Crippen molar-refractivity contribution in [3.8, 4) is 0 Å². The second-order valence-electron chi connectivity index (χ2n) is 3.82. The number of hydrogen-bond acceptors (Lipinski definition) is 6. The smallest absolute Gasteiger partial charge is 0.0980 e. The molecule has 0 aromatic carbocycles. The van der Waals surface area contributed by atoms with Crippen molar-refractivity contribution in [1.29, 1.82) is 0 Å². The monoisotopic (exact) mass is 255 g/mol. The van der Waals surface area contributed by atoms with E-state index in [2.05, 4.69) is 28.4 Å². The normalized spacial score (nSPS) is 13.2. The third-order valence-electron chi connectivity index (χ3n) is 2.24. The molecular formula is C10H13N3OS2. The van der Waals surface area contributed by atoms with Crippen LogP contribution in [0.4, 0.5) is 0 Å². The van der Waals surface area contributed by atoms with Crippen molar-refractivity contribution < 1.29 is 5.11 Å². The Morgan fingerprint density at radius 3 is 2.88 bits per heavy atom. The number of aromatic nitrogens is 3. The van der Waals surface area contributed by atoms with Gasteiger partial charge in [-0.25, -0.2) is 4.98 Å². The van der Waals surface area contributed by atoms with Crippen LogP contribution < -0.4 is 0 Å². The molecule has 0 saturated heterocycles. The van der Waals surface area contributed by atoms with E-state index >= 15 is 0 Å². The zero-order valence-electron chi connectivity index (χ0n) is 9.12. The molecule has 0 bridgehead atoms. The van der Waals surface area contributed by atoms with Crippen molar-refractivity contribution in [2.24, 2.45) is 0 Å². The number of hydrogen-bond donors (Lipinski definition) is 1. The van der Waals surface area contributed by atoms with Crippen molar-refractivity contribution in [2.75, 3.05) is 0 Å². The van der Waals surface area contributed by atoms with Gasteiger partial charge in [-0.2, -0.15) is 0 Å². The average molecular weight is 255 g/mol. The molecule has 0 amide bonds. The first kappa shape index (κ1) is 11.6. The fourth-order valence-electron chi connectivity index (χ4n) is 1.45. The summed E-state index contributed by atoms with van der Waals surface area (Å²) in [6, 6.07) is 0. The first-order chi connectivity index (χ1) is 7.68. The van der Waals surface area contributed by atoms with Gasteiger partial charge in [-0.05, 0) is 17.5 Å². The highest BCUT2D eigenvalue weighted by Crippen LogP contribution is 2.28. The van der Waals surface area contributed by atoms with Gasteiger partial charge in [0.25, 0.3) is 0 Å². The van der Waals surface area contributed by atoms with Crippen LogP contribution in [-0.4, -0.2) is 19.7 Å². The van der Waals surface area contributed by atoms with Gasteiger partial charge < -0.3 is 5.11 Å². The van der Waals surface area contributed by atoms with Gasteiger partial charge in [0, 0.05) is 18.0 Å². The highest BCUT2D eigenvalue weighted by Gasteiger charge is 2.20. The predicted molar refractivity (Wildman–Crippen MR) is 64.8 cm³/mol. The summed E-state index contributed by atoms with van der Waals surface area (Å²) in [6.07, 6.45) is 1.76. The minimum atomic E-state index is -0.538. The number of thiazole rings is 1. The van der Waals surface area contributed by atoms with Crippen molar-refractivity contribution in [2.45, 2.75) is 32.3 Å². The van der Waals surface area contributed by atoms with Crippen molar-refractivity contribution in [1.82, 2.24) is 14.6 Å².